The summed E-state index contributed by atoms with van der Waals surface area (Å²) in [6, 6.07) is 23.1. The van der Waals surface area contributed by atoms with E-state index in [1.54, 1.807) is 30.5 Å². The molecule has 4 aromatic carbocycles. The number of carbonyl (C=O) groups is 1. The van der Waals surface area contributed by atoms with Crippen molar-refractivity contribution in [3.8, 4) is 17.2 Å². The molecular formula is C43H50ClN5O9S2. The highest BCUT2D eigenvalue weighted by molar-refractivity contribution is 7.90. The lowest BCUT2D eigenvalue weighted by molar-refractivity contribution is -0.00663. The number of hydrogen-bond acceptors (Lipinski definition) is 11. The van der Waals surface area contributed by atoms with Crippen molar-refractivity contribution in [3.63, 3.8) is 0 Å². The highest BCUT2D eigenvalue weighted by Crippen LogP contribution is 2.43. The summed E-state index contributed by atoms with van der Waals surface area (Å²) in [5.74, 6) is -0.828. The summed E-state index contributed by atoms with van der Waals surface area (Å²) in [5, 5.41) is 31.3. The molecule has 1 unspecified atom stereocenters. The molecule has 1 aliphatic carbocycles. The zero-order valence-corrected chi connectivity index (χ0v) is 36.3. The van der Waals surface area contributed by atoms with Crippen LogP contribution in [0.25, 0.3) is 16.5 Å². The van der Waals surface area contributed by atoms with Crippen molar-refractivity contribution in [3.05, 3.63) is 118 Å². The minimum atomic E-state index is -4.63. The third-order valence-corrected chi connectivity index (χ3v) is 12.8. The second-order valence-corrected chi connectivity index (χ2v) is 20.2. The fourth-order valence-corrected chi connectivity index (χ4v) is 8.79. The third-order valence-electron chi connectivity index (χ3n) is 10.2. The van der Waals surface area contributed by atoms with Crippen molar-refractivity contribution < 1.29 is 36.3 Å². The van der Waals surface area contributed by atoms with Crippen molar-refractivity contribution in [2.45, 2.75) is 44.4 Å². The van der Waals surface area contributed by atoms with Gasteiger partial charge in [-0.1, -0.05) is 49.2 Å². The van der Waals surface area contributed by atoms with Gasteiger partial charge in [-0.3, -0.25) is 4.79 Å². The highest BCUT2D eigenvalue weighted by Gasteiger charge is 2.29. The molecule has 1 heterocycles. The van der Waals surface area contributed by atoms with Crippen LogP contribution in [0.15, 0.2) is 102 Å². The summed E-state index contributed by atoms with van der Waals surface area (Å²) in [7, 11) is -7.04. The molecule has 6 rings (SSSR count). The van der Waals surface area contributed by atoms with Crippen LogP contribution in [0.1, 0.15) is 55.5 Å². The molecular weight excluding hydrogens is 830 g/mol. The molecule has 320 valence electrons. The third kappa shape index (κ3) is 11.7. The smallest absolute Gasteiger partial charge is 0.268 e. The number of rotatable bonds is 18. The van der Waals surface area contributed by atoms with Gasteiger partial charge in [0.2, 0.25) is 5.69 Å². The number of aromatic amines is 1. The van der Waals surface area contributed by atoms with E-state index in [4.69, 9.17) is 21.1 Å². The number of sulfone groups is 1. The molecule has 0 spiro atoms. The predicted octanol–water partition coefficient (Wildman–Crippen LogP) is 8.04. The normalized spacial score (nSPS) is 15.4. The van der Waals surface area contributed by atoms with Crippen LogP contribution in [0.5, 0.6) is 17.2 Å². The quantitative estimate of drug-likeness (QED) is 0.0324. The molecule has 1 aromatic heterocycles. The highest BCUT2D eigenvalue weighted by atomic mass is 35.5. The number of benzene rings is 4. The molecule has 1 aliphatic rings. The van der Waals surface area contributed by atoms with E-state index in [2.05, 4.69) is 46.3 Å². The maximum Gasteiger partial charge on any atom is 0.268 e. The Bertz CT molecular complexity index is 2600. The first-order valence-corrected chi connectivity index (χ1v) is 23.3. The first kappa shape index (κ1) is 44.6. The maximum atomic E-state index is 13.8. The van der Waals surface area contributed by atoms with Crippen LogP contribution in [-0.4, -0.2) is 78.2 Å². The molecule has 0 radical (unpaired) electrons. The summed E-state index contributed by atoms with van der Waals surface area (Å²) in [5.41, 5.74) is 4.97. The number of H-pyrrole nitrogens is 1. The Hall–Kier alpha value is -4.94. The number of sulfonamides is 1. The van der Waals surface area contributed by atoms with E-state index in [0.29, 0.717) is 29.5 Å². The fraction of sp³-hybridized carbons (Fsp3) is 0.326. The van der Waals surface area contributed by atoms with Gasteiger partial charge in [0.15, 0.2) is 5.75 Å². The lowest BCUT2D eigenvalue weighted by Gasteiger charge is -2.34. The summed E-state index contributed by atoms with van der Waals surface area (Å²) in [4.78, 5) is 14.4. The second kappa shape index (κ2) is 18.4. The Kier molecular flexibility index (Phi) is 13.6. The minimum absolute atomic E-state index is 0.0784. The number of ether oxygens (including phenoxy) is 2. The van der Waals surface area contributed by atoms with Crippen molar-refractivity contribution in [2.24, 2.45) is 5.41 Å². The molecule has 60 heavy (non-hydrogen) atoms. The molecule has 5 N–H and O–H groups in total. The number of quaternary nitrogens is 1. The van der Waals surface area contributed by atoms with Crippen LogP contribution >= 0.6 is 11.6 Å². The van der Waals surface area contributed by atoms with E-state index >= 15 is 0 Å². The van der Waals surface area contributed by atoms with Gasteiger partial charge < -0.3 is 30.3 Å². The number of hydroxylamine groups is 2. The first-order chi connectivity index (χ1) is 28.3. The zero-order valence-electron chi connectivity index (χ0n) is 33.9. The van der Waals surface area contributed by atoms with Crippen LogP contribution in [0, 0.1) is 10.6 Å². The average Bonchev–Trinajstić information content (AvgIpc) is 3.66. The number of halogens is 1. The molecule has 0 bridgehead atoms. The van der Waals surface area contributed by atoms with Crippen molar-refractivity contribution in [2.75, 3.05) is 50.6 Å². The van der Waals surface area contributed by atoms with Crippen LogP contribution in [0.2, 0.25) is 5.02 Å². The first-order valence-electron chi connectivity index (χ1n) is 19.4. The zero-order chi connectivity index (χ0) is 43.3. The Morgan fingerprint density at radius 2 is 1.73 bits per heavy atom. The minimum Gasteiger partial charge on any atom is -0.593 e. The van der Waals surface area contributed by atoms with Crippen LogP contribution in [-0.2, 0) is 19.9 Å². The van der Waals surface area contributed by atoms with Gasteiger partial charge in [0, 0.05) is 65.8 Å². The number of anilines is 1. The van der Waals surface area contributed by atoms with Gasteiger partial charge in [-0.25, -0.2) is 26.8 Å². The number of allylic oxidation sites excluding steroid dienone is 1. The lowest BCUT2D eigenvalue weighted by Crippen LogP contribution is -2.35. The number of nitrogens with zero attached hydrogens (tertiary/aromatic N) is 1. The fourth-order valence-electron chi connectivity index (χ4n) is 7.04. The summed E-state index contributed by atoms with van der Waals surface area (Å²) in [6.45, 7) is 6.36. The van der Waals surface area contributed by atoms with Crippen molar-refractivity contribution >= 4 is 65.2 Å². The van der Waals surface area contributed by atoms with Crippen LogP contribution < -0.4 is 29.6 Å². The Labute approximate surface area is 355 Å². The van der Waals surface area contributed by atoms with Gasteiger partial charge in [0.1, 0.15) is 28.4 Å². The average molecular weight is 880 g/mol. The SMILES string of the molecule is CC1(C)CCC(CNCCNc2ccc(C(=O)NS(=O)(=O)c3ccc(OCCCS(C)(=O)=O)c([N+](C)([O-])O)c3)c(Oc3cccc4[nH]ccc34)c2)=C(c2ccc(Cl)cc2)C1. The van der Waals surface area contributed by atoms with E-state index in [0.717, 1.165) is 68.2 Å². The standard InChI is InChI=1S/C43H50ClN5O9S2/c1-43(2)19-17-30(36(27-43)29-9-11-31(44)12-10-29)28-45-21-22-46-32-13-15-35(41(25-32)58-39-8-5-7-37-34(39)18-20-47-37)42(50)48-60(55,56)33-14-16-40(38(26-33)49(3,51)52)57-23-6-24-59(4,53)54/h5,7-16,18,20,25-26,45-47,51H,6,17,19,21-24,27-28H2,1-4H3,(H,48,50). The Morgan fingerprint density at radius 3 is 2.47 bits per heavy atom. The van der Waals surface area contributed by atoms with E-state index in [1.165, 1.54) is 22.8 Å². The lowest BCUT2D eigenvalue weighted by atomic mass is 9.72. The number of hydrogen-bond donors (Lipinski definition) is 5. The van der Waals surface area contributed by atoms with Crippen LogP contribution in [0.4, 0.5) is 11.4 Å². The Morgan fingerprint density at radius 1 is 0.967 bits per heavy atom. The molecule has 0 aliphatic heterocycles. The number of carbonyl (C=O) groups excluding carboxylic acids is 1. The van der Waals surface area contributed by atoms with Crippen molar-refractivity contribution in [1.82, 2.24) is 19.8 Å². The van der Waals surface area contributed by atoms with Gasteiger partial charge >= 0.3 is 0 Å². The molecule has 1 amide bonds. The van der Waals surface area contributed by atoms with E-state index in [9.17, 15) is 32.0 Å². The number of nitrogens with one attached hydrogen (secondary N) is 4. The number of amides is 1. The summed E-state index contributed by atoms with van der Waals surface area (Å²) >= 11 is 6.18. The van der Waals surface area contributed by atoms with E-state index in [1.807, 2.05) is 24.3 Å². The molecule has 17 heteroatoms. The Balaban J connectivity index is 1.18. The monoisotopic (exact) mass is 879 g/mol. The van der Waals surface area contributed by atoms with Gasteiger partial charge in [-0.05, 0) is 96.8 Å². The molecule has 0 saturated carbocycles. The topological polar surface area (TPSA) is 199 Å². The number of fused-ring (bicyclic) bond motifs is 1. The predicted molar refractivity (Wildman–Crippen MR) is 236 cm³/mol. The largest absolute Gasteiger partial charge is 0.593 e. The molecule has 0 saturated heterocycles. The van der Waals surface area contributed by atoms with Gasteiger partial charge in [-0.15, -0.1) is 0 Å². The molecule has 5 aromatic rings. The van der Waals surface area contributed by atoms with Gasteiger partial charge in [0.25, 0.3) is 15.9 Å². The second-order valence-electron chi connectivity index (χ2n) is 15.8. The molecule has 0 fully saturated rings. The number of aromatic nitrogens is 1. The molecule has 1 atom stereocenters. The molecule has 14 nitrogen and oxygen atoms in total. The van der Waals surface area contributed by atoms with E-state index in [-0.39, 0.29) is 41.3 Å². The maximum absolute atomic E-state index is 13.8. The van der Waals surface area contributed by atoms with E-state index < -0.39 is 41.2 Å². The summed E-state index contributed by atoms with van der Waals surface area (Å²) in [6.07, 6.45) is 5.99. The van der Waals surface area contributed by atoms with Crippen molar-refractivity contribution in [1.29, 1.82) is 0 Å². The van der Waals surface area contributed by atoms with Gasteiger partial charge in [-0.2, -0.15) is 4.81 Å². The van der Waals surface area contributed by atoms with Gasteiger partial charge in [0.05, 0.1) is 22.8 Å². The summed E-state index contributed by atoms with van der Waals surface area (Å²) < 4.78 is 64.1. The van der Waals surface area contributed by atoms with Crippen LogP contribution in [0.3, 0.4) is 0 Å².